The molecule has 7 heteroatoms. The van der Waals surface area contributed by atoms with E-state index in [0.29, 0.717) is 0 Å². The summed E-state index contributed by atoms with van der Waals surface area (Å²) in [5.74, 6) is 0. The van der Waals surface area contributed by atoms with Crippen LogP contribution in [0, 0.1) is 0 Å². The van der Waals surface area contributed by atoms with Gasteiger partial charge in [-0.05, 0) is 0 Å². The van der Waals surface area contributed by atoms with Gasteiger partial charge in [-0.25, -0.2) is 0 Å². The molecule has 0 heterocycles. The van der Waals surface area contributed by atoms with Crippen LogP contribution in [0.1, 0.15) is 0 Å². The fourth-order valence-electron chi connectivity index (χ4n) is 0. The average molecular weight is 365 g/mol. The monoisotopic (exact) mass is 363 g/mol. The summed E-state index contributed by atoms with van der Waals surface area (Å²) in [4.78, 5) is 0. The molecule has 0 saturated carbocycles. The van der Waals surface area contributed by atoms with E-state index in [1.807, 2.05) is 0 Å². The molecule has 48 valence electrons. The smallest absolute Gasteiger partial charge is 1.00 e. The minimum absolute atomic E-state index is 0. The fourth-order valence-corrected chi connectivity index (χ4v) is 0. The Bertz CT molecular complexity index is 9.65. The van der Waals surface area contributed by atoms with Crippen molar-refractivity contribution in [1.29, 1.82) is 0 Å². The Balaban J connectivity index is 0. The normalized spacial score (nSPS) is 0. The first-order valence-corrected chi connectivity index (χ1v) is 0. The van der Waals surface area contributed by atoms with E-state index in [1.54, 1.807) is 0 Å². The summed E-state index contributed by atoms with van der Waals surface area (Å²) < 4.78 is 0. The standard InChI is InChI=1S/4ClH.2N.Pt/h4*1H;;;/q;;;;;;+4/p-4. The minimum Gasteiger partial charge on any atom is -1.00 e. The third-order valence-electron chi connectivity index (χ3n) is 0. The molecule has 0 atom stereocenters. The van der Waals surface area contributed by atoms with Gasteiger partial charge in [0, 0.05) is 12.3 Å². The Morgan fingerprint density at radius 2 is 0.429 bits per heavy atom. The Morgan fingerprint density at radius 1 is 0.429 bits per heavy atom. The topological polar surface area (TPSA) is 61.0 Å². The van der Waals surface area contributed by atoms with E-state index in [1.165, 1.54) is 0 Å². The molecule has 0 bridgehead atoms. The molecule has 0 rings (SSSR count). The maximum atomic E-state index is 0. The molecule has 0 amide bonds. The van der Waals surface area contributed by atoms with Crippen molar-refractivity contribution in [2.75, 3.05) is 0 Å². The third kappa shape index (κ3) is 82.7. The van der Waals surface area contributed by atoms with Crippen molar-refractivity contribution >= 4 is 0 Å². The Labute approximate surface area is 82.6 Å². The summed E-state index contributed by atoms with van der Waals surface area (Å²) in [6, 6.07) is 0. The van der Waals surface area contributed by atoms with Gasteiger partial charge in [-0.15, -0.1) is 0 Å². The van der Waals surface area contributed by atoms with Gasteiger partial charge in [-0.2, -0.15) is 0 Å². The van der Waals surface area contributed by atoms with E-state index < -0.39 is 0 Å². The molecule has 0 fully saturated rings. The van der Waals surface area contributed by atoms with Gasteiger partial charge < -0.3 is 49.6 Å². The van der Waals surface area contributed by atoms with Crippen molar-refractivity contribution in [3.05, 3.63) is 0 Å². The second-order valence-electron chi connectivity index (χ2n) is 0. The van der Waals surface area contributed by atoms with Gasteiger partial charge in [-0.3, -0.25) is 0 Å². The van der Waals surface area contributed by atoms with E-state index in [0.717, 1.165) is 0 Å². The van der Waals surface area contributed by atoms with Gasteiger partial charge in [0.2, 0.25) is 0 Å². The van der Waals surface area contributed by atoms with Crippen molar-refractivity contribution in [3.63, 3.8) is 0 Å². The molecule has 0 aromatic carbocycles. The SMILES string of the molecule is [Cl-].[Cl-].[Cl-].[Cl-].[N].[N].[Pt+4]. The largest absolute Gasteiger partial charge is 4.00 e. The van der Waals surface area contributed by atoms with E-state index in [9.17, 15) is 0 Å². The van der Waals surface area contributed by atoms with Crippen LogP contribution in [0.15, 0.2) is 0 Å². The molecule has 0 aliphatic carbocycles. The predicted molar refractivity (Wildman–Crippen MR) is 4.27 cm³/mol. The molecule has 7 heavy (non-hydrogen) atoms. The average Bonchev–Trinajstić information content (AvgIpc) is 0. The summed E-state index contributed by atoms with van der Waals surface area (Å²) in [5, 5.41) is 0. The maximum Gasteiger partial charge on any atom is 4.00 e. The van der Waals surface area contributed by atoms with Gasteiger partial charge in [0.1, 0.15) is 0 Å². The number of hydrogen-bond donors (Lipinski definition) is 0. The molecule has 0 unspecified atom stereocenters. The number of nitrogens with zero attached hydrogens (tertiary/aromatic N) is 2. The van der Waals surface area contributed by atoms with Crippen LogP contribution in [-0.4, -0.2) is 0 Å². The summed E-state index contributed by atoms with van der Waals surface area (Å²) in [6.45, 7) is 0. The van der Waals surface area contributed by atoms with E-state index in [2.05, 4.69) is 0 Å². The summed E-state index contributed by atoms with van der Waals surface area (Å²) >= 11 is 0. The second kappa shape index (κ2) is 114. The molecule has 0 aromatic heterocycles. The zero-order valence-electron chi connectivity index (χ0n) is 2.72. The molecule has 6 radical (unpaired) electrons. The summed E-state index contributed by atoms with van der Waals surface area (Å²) in [6.07, 6.45) is 0. The van der Waals surface area contributed by atoms with Crippen LogP contribution < -0.4 is 61.9 Å². The van der Waals surface area contributed by atoms with Crippen LogP contribution in [0.2, 0.25) is 0 Å². The summed E-state index contributed by atoms with van der Waals surface area (Å²) in [7, 11) is 0. The van der Waals surface area contributed by atoms with Gasteiger partial charge in [0.15, 0.2) is 0 Å². The second-order valence-corrected chi connectivity index (χ2v) is 0. The Morgan fingerprint density at radius 3 is 0.429 bits per heavy atom. The summed E-state index contributed by atoms with van der Waals surface area (Å²) in [5.41, 5.74) is 0. The van der Waals surface area contributed by atoms with E-state index in [-0.39, 0.29) is 83.0 Å². The van der Waals surface area contributed by atoms with Crippen molar-refractivity contribution in [1.82, 2.24) is 12.3 Å². The van der Waals surface area contributed by atoms with Crippen LogP contribution in [0.5, 0.6) is 0 Å². The van der Waals surface area contributed by atoms with E-state index in [4.69, 9.17) is 0 Å². The first-order chi connectivity index (χ1) is 0. The van der Waals surface area contributed by atoms with Crippen LogP contribution in [-0.2, 0) is 21.1 Å². The van der Waals surface area contributed by atoms with Crippen LogP contribution >= 0.6 is 0 Å². The van der Waals surface area contributed by atoms with E-state index >= 15 is 0 Å². The van der Waals surface area contributed by atoms with Crippen LogP contribution in [0.4, 0.5) is 0 Å². The van der Waals surface area contributed by atoms with Gasteiger partial charge in [0.25, 0.3) is 0 Å². The number of hydrogen-bond acceptors (Lipinski definition) is 0. The minimum atomic E-state index is 0. The Hall–Kier alpha value is 1.77. The molecule has 0 aliphatic rings. The third-order valence-corrected chi connectivity index (χ3v) is 0. The van der Waals surface area contributed by atoms with Gasteiger partial charge in [0.05, 0.1) is 0 Å². The van der Waals surface area contributed by atoms with Crippen molar-refractivity contribution < 1.29 is 70.7 Å². The molecule has 0 N–H and O–H groups in total. The molecule has 0 spiro atoms. The first-order valence-electron chi connectivity index (χ1n) is 0. The zero-order valence-corrected chi connectivity index (χ0v) is 8.02. The molecule has 0 aromatic rings. The molecule has 0 aliphatic heterocycles. The fraction of sp³-hybridized carbons (Fsp3) is 0. The molecular weight excluding hydrogens is 365 g/mol. The van der Waals surface area contributed by atoms with Crippen molar-refractivity contribution in [3.8, 4) is 0 Å². The Kier molecular flexibility index (Phi) is 2750. The number of halogens is 4. The molecule has 0 saturated heterocycles. The quantitative estimate of drug-likeness (QED) is 0.410. The zero-order chi connectivity index (χ0) is 0. The number of rotatable bonds is 0. The van der Waals surface area contributed by atoms with Crippen molar-refractivity contribution in [2.24, 2.45) is 0 Å². The molecule has 2 nitrogen and oxygen atoms in total. The first kappa shape index (κ1) is 169. The van der Waals surface area contributed by atoms with Crippen LogP contribution in [0.3, 0.4) is 0 Å². The van der Waals surface area contributed by atoms with Gasteiger partial charge in [-0.1, -0.05) is 0 Å². The van der Waals surface area contributed by atoms with Gasteiger partial charge >= 0.3 is 21.1 Å². The van der Waals surface area contributed by atoms with Crippen LogP contribution in [0.25, 0.3) is 0 Å². The van der Waals surface area contributed by atoms with Crippen molar-refractivity contribution in [2.45, 2.75) is 0 Å². The molecular formula is Cl4N2Pt. The maximum absolute atomic E-state index is 0. The predicted octanol–water partition coefficient (Wildman–Crippen LogP) is -12.9.